The molecule has 1 aromatic carbocycles. The van der Waals surface area contributed by atoms with Crippen LogP contribution in [0.1, 0.15) is 23.3 Å². The Balaban J connectivity index is 1.78. The molecule has 1 amide bonds. The molecule has 1 aliphatic rings. The van der Waals surface area contributed by atoms with Crippen molar-refractivity contribution >= 4 is 34.4 Å². The van der Waals surface area contributed by atoms with E-state index in [1.807, 2.05) is 6.07 Å². The van der Waals surface area contributed by atoms with Gasteiger partial charge < -0.3 is 20.1 Å². The van der Waals surface area contributed by atoms with Gasteiger partial charge in [0.25, 0.3) is 5.91 Å². The summed E-state index contributed by atoms with van der Waals surface area (Å²) in [6.07, 6.45) is 0.0558. The van der Waals surface area contributed by atoms with Gasteiger partial charge in [-0.15, -0.1) is 0 Å². The lowest BCUT2D eigenvalue weighted by atomic mass is 9.91. The third-order valence-corrected chi connectivity index (χ3v) is 4.33. The maximum absolute atomic E-state index is 12.5. The number of carboxylic acids is 1. The molecule has 1 aromatic heterocycles. The number of hydrogen-bond acceptors (Lipinski definition) is 3. The Kier molecular flexibility index (Phi) is 3.58. The Morgan fingerprint density at radius 1 is 1.23 bits per heavy atom. The van der Waals surface area contributed by atoms with Gasteiger partial charge in [0.05, 0.1) is 0 Å². The molecule has 0 bridgehead atoms. The van der Waals surface area contributed by atoms with Crippen LogP contribution in [0.4, 0.5) is 0 Å². The van der Waals surface area contributed by atoms with E-state index in [-0.39, 0.29) is 31.8 Å². The molecule has 6 nitrogen and oxygen atoms in total. The summed E-state index contributed by atoms with van der Waals surface area (Å²) in [4.78, 5) is 28.0. The smallest absolute Gasteiger partial charge is 0.335 e. The normalized spacial score (nSPS) is 17.6. The second-order valence-corrected chi connectivity index (χ2v) is 5.98. The molecule has 1 saturated heterocycles. The molecule has 1 fully saturated rings. The van der Waals surface area contributed by atoms with E-state index >= 15 is 0 Å². The predicted octanol–water partition coefficient (Wildman–Crippen LogP) is 1.87. The minimum Gasteiger partial charge on any atom is -0.479 e. The first-order chi connectivity index (χ1) is 10.4. The Morgan fingerprint density at radius 3 is 2.55 bits per heavy atom. The highest BCUT2D eigenvalue weighted by Gasteiger charge is 2.40. The molecule has 3 N–H and O–H groups in total. The molecule has 2 aromatic rings. The topological polar surface area (TPSA) is 93.6 Å². The first-order valence-electron chi connectivity index (χ1n) is 6.92. The summed E-state index contributed by atoms with van der Waals surface area (Å²) in [5.41, 5.74) is -0.530. The second-order valence-electron chi connectivity index (χ2n) is 5.54. The molecule has 0 radical (unpaired) electrons. The van der Waals surface area contributed by atoms with Crippen LogP contribution in [0, 0.1) is 0 Å². The number of rotatable bonds is 2. The van der Waals surface area contributed by atoms with E-state index in [0.29, 0.717) is 10.7 Å². The van der Waals surface area contributed by atoms with Gasteiger partial charge >= 0.3 is 5.97 Å². The van der Waals surface area contributed by atoms with Crippen LogP contribution in [0.2, 0.25) is 5.02 Å². The standard InChI is InChI=1S/C15H15ClN2O4/c16-10-2-1-9-7-12(17-11(9)8-10)13(19)18-5-3-15(22,4-6-18)14(20)21/h1-2,7-8,17,22H,3-6H2,(H,20,21). The Hall–Kier alpha value is -2.05. The highest BCUT2D eigenvalue weighted by atomic mass is 35.5. The van der Waals surface area contributed by atoms with Crippen LogP contribution >= 0.6 is 11.6 Å². The van der Waals surface area contributed by atoms with Crippen LogP contribution in [-0.2, 0) is 4.79 Å². The van der Waals surface area contributed by atoms with E-state index in [1.54, 1.807) is 23.1 Å². The fraction of sp³-hybridized carbons (Fsp3) is 0.333. The minimum atomic E-state index is -1.73. The number of carbonyl (C=O) groups is 2. The summed E-state index contributed by atoms with van der Waals surface area (Å²) in [5, 5.41) is 20.4. The molecule has 0 atom stereocenters. The van der Waals surface area contributed by atoms with Crippen molar-refractivity contribution in [2.75, 3.05) is 13.1 Å². The van der Waals surface area contributed by atoms with Gasteiger partial charge in [-0.05, 0) is 18.2 Å². The van der Waals surface area contributed by atoms with Gasteiger partial charge in [0.15, 0.2) is 5.60 Å². The van der Waals surface area contributed by atoms with Crippen molar-refractivity contribution in [1.29, 1.82) is 0 Å². The van der Waals surface area contributed by atoms with Gasteiger partial charge in [0.2, 0.25) is 0 Å². The number of nitrogens with one attached hydrogen (secondary N) is 1. The Labute approximate surface area is 131 Å². The van der Waals surface area contributed by atoms with Gasteiger partial charge in [-0.1, -0.05) is 17.7 Å². The van der Waals surface area contributed by atoms with E-state index in [1.165, 1.54) is 0 Å². The van der Waals surface area contributed by atoms with Crippen LogP contribution in [-0.4, -0.2) is 50.7 Å². The van der Waals surface area contributed by atoms with Crippen LogP contribution < -0.4 is 0 Å². The largest absolute Gasteiger partial charge is 0.479 e. The van der Waals surface area contributed by atoms with Crippen molar-refractivity contribution in [2.24, 2.45) is 0 Å². The number of carboxylic acid groups (broad SMARTS) is 1. The van der Waals surface area contributed by atoms with E-state index in [9.17, 15) is 14.7 Å². The number of H-pyrrole nitrogens is 1. The number of aliphatic carboxylic acids is 1. The summed E-state index contributed by atoms with van der Waals surface area (Å²) < 4.78 is 0. The quantitative estimate of drug-likeness (QED) is 0.787. The Bertz CT molecular complexity index is 747. The molecule has 22 heavy (non-hydrogen) atoms. The lowest BCUT2D eigenvalue weighted by molar-refractivity contribution is -0.162. The molecule has 1 aliphatic heterocycles. The van der Waals surface area contributed by atoms with Gasteiger partial charge in [-0.2, -0.15) is 0 Å². The summed E-state index contributed by atoms with van der Waals surface area (Å²) in [6.45, 7) is 0.412. The Morgan fingerprint density at radius 2 is 1.91 bits per heavy atom. The van der Waals surface area contributed by atoms with Crippen LogP contribution in [0.25, 0.3) is 10.9 Å². The molecule has 0 spiro atoms. The van der Waals surface area contributed by atoms with Crippen molar-refractivity contribution in [3.05, 3.63) is 35.0 Å². The first kappa shape index (κ1) is 14.9. The van der Waals surface area contributed by atoms with E-state index in [4.69, 9.17) is 16.7 Å². The molecular formula is C15H15ClN2O4. The number of amides is 1. The summed E-state index contributed by atoms with van der Waals surface area (Å²) in [5.74, 6) is -1.44. The number of nitrogens with zero attached hydrogens (tertiary/aromatic N) is 1. The summed E-state index contributed by atoms with van der Waals surface area (Å²) in [7, 11) is 0. The number of piperidine rings is 1. The van der Waals surface area contributed by atoms with Crippen molar-refractivity contribution < 1.29 is 19.8 Å². The van der Waals surface area contributed by atoms with Gasteiger partial charge in [0, 0.05) is 41.9 Å². The highest BCUT2D eigenvalue weighted by Crippen LogP contribution is 2.25. The molecule has 7 heteroatoms. The molecule has 2 heterocycles. The monoisotopic (exact) mass is 322 g/mol. The van der Waals surface area contributed by atoms with E-state index in [2.05, 4.69) is 4.98 Å². The lowest BCUT2D eigenvalue weighted by Crippen LogP contribution is -2.50. The molecule has 3 rings (SSSR count). The van der Waals surface area contributed by atoms with Crippen molar-refractivity contribution in [3.8, 4) is 0 Å². The van der Waals surface area contributed by atoms with Crippen molar-refractivity contribution in [2.45, 2.75) is 18.4 Å². The van der Waals surface area contributed by atoms with Gasteiger partial charge in [-0.3, -0.25) is 4.79 Å². The van der Waals surface area contributed by atoms with Crippen LogP contribution in [0.15, 0.2) is 24.3 Å². The van der Waals surface area contributed by atoms with Crippen LogP contribution in [0.3, 0.4) is 0 Å². The molecule has 0 aliphatic carbocycles. The predicted molar refractivity (Wildman–Crippen MR) is 81.0 cm³/mol. The summed E-state index contributed by atoms with van der Waals surface area (Å²) in [6, 6.07) is 7.06. The number of halogens is 1. The molecule has 0 saturated carbocycles. The van der Waals surface area contributed by atoms with Crippen LogP contribution in [0.5, 0.6) is 0 Å². The number of aliphatic hydroxyl groups is 1. The number of benzene rings is 1. The van der Waals surface area contributed by atoms with Gasteiger partial charge in [0.1, 0.15) is 5.69 Å². The molecule has 116 valence electrons. The molecule has 0 unspecified atom stereocenters. The number of aromatic nitrogens is 1. The fourth-order valence-corrected chi connectivity index (χ4v) is 2.85. The number of carbonyl (C=O) groups excluding carboxylic acids is 1. The SMILES string of the molecule is O=C(c1cc2ccc(Cl)cc2[nH]1)N1CCC(O)(C(=O)O)CC1. The zero-order valence-electron chi connectivity index (χ0n) is 11.7. The summed E-state index contributed by atoms with van der Waals surface area (Å²) >= 11 is 5.92. The number of aromatic amines is 1. The lowest BCUT2D eigenvalue weighted by Gasteiger charge is -2.35. The van der Waals surface area contributed by atoms with Crippen molar-refractivity contribution in [3.63, 3.8) is 0 Å². The van der Waals surface area contributed by atoms with E-state index < -0.39 is 11.6 Å². The number of likely N-dealkylation sites (tertiary alicyclic amines) is 1. The highest BCUT2D eigenvalue weighted by molar-refractivity contribution is 6.31. The third kappa shape index (κ3) is 2.55. The number of fused-ring (bicyclic) bond motifs is 1. The first-order valence-corrected chi connectivity index (χ1v) is 7.30. The maximum atomic E-state index is 12.5. The number of hydrogen-bond donors (Lipinski definition) is 3. The van der Waals surface area contributed by atoms with Crippen molar-refractivity contribution in [1.82, 2.24) is 9.88 Å². The average molecular weight is 323 g/mol. The fourth-order valence-electron chi connectivity index (χ4n) is 2.68. The second kappa shape index (κ2) is 5.30. The average Bonchev–Trinajstić information content (AvgIpc) is 2.90. The zero-order valence-corrected chi connectivity index (χ0v) is 12.4. The third-order valence-electron chi connectivity index (χ3n) is 4.09. The minimum absolute atomic E-state index is 0.0279. The zero-order chi connectivity index (χ0) is 15.9. The maximum Gasteiger partial charge on any atom is 0.335 e. The van der Waals surface area contributed by atoms with E-state index in [0.717, 1.165) is 10.9 Å². The van der Waals surface area contributed by atoms with Gasteiger partial charge in [-0.25, -0.2) is 4.79 Å². The molecular weight excluding hydrogens is 308 g/mol.